The Kier molecular flexibility index (Phi) is 3.88. The molecule has 2 rings (SSSR count). The topological polar surface area (TPSA) is 57.5 Å². The molecule has 0 fully saturated rings. The van der Waals surface area contributed by atoms with Gasteiger partial charge in [-0.05, 0) is 42.0 Å². The molecule has 0 radical (unpaired) electrons. The molecule has 96 valence electrons. The van der Waals surface area contributed by atoms with Crippen molar-refractivity contribution in [3.63, 3.8) is 0 Å². The first kappa shape index (κ1) is 13.2. The van der Waals surface area contributed by atoms with E-state index in [2.05, 4.69) is 0 Å². The number of rotatable bonds is 3. The quantitative estimate of drug-likeness (QED) is 0.510. The molecule has 2 aromatic rings. The number of benzene rings is 2. The Labute approximate surface area is 115 Å². The lowest BCUT2D eigenvalue weighted by Crippen LogP contribution is -1.94. The Morgan fingerprint density at radius 1 is 1.05 bits per heavy atom. The van der Waals surface area contributed by atoms with Crippen LogP contribution in [-0.4, -0.2) is 16.0 Å². The molecule has 0 aliphatic carbocycles. The van der Waals surface area contributed by atoms with Crippen molar-refractivity contribution < 1.29 is 15.0 Å². The fourth-order valence-corrected chi connectivity index (χ4v) is 1.68. The summed E-state index contributed by atoms with van der Waals surface area (Å²) in [7, 11) is 0. The lowest BCUT2D eigenvalue weighted by molar-refractivity contribution is 0.104. The minimum absolute atomic E-state index is 0.0604. The highest BCUT2D eigenvalue weighted by Crippen LogP contribution is 2.23. The number of ketones is 1. The molecule has 19 heavy (non-hydrogen) atoms. The summed E-state index contributed by atoms with van der Waals surface area (Å²) in [6.45, 7) is 0. The number of allylic oxidation sites excluding steroid dienone is 1. The predicted octanol–water partition coefficient (Wildman–Crippen LogP) is 3.65. The molecule has 2 aromatic carbocycles. The average Bonchev–Trinajstić information content (AvgIpc) is 2.40. The molecule has 0 aliphatic heterocycles. The van der Waals surface area contributed by atoms with E-state index in [0.717, 1.165) is 5.56 Å². The highest BCUT2D eigenvalue weighted by molar-refractivity contribution is 6.30. The first-order chi connectivity index (χ1) is 9.06. The molecule has 0 heterocycles. The summed E-state index contributed by atoms with van der Waals surface area (Å²) in [5.41, 5.74) is 0.877. The summed E-state index contributed by atoms with van der Waals surface area (Å²) in [6.07, 6.45) is 2.94. The highest BCUT2D eigenvalue weighted by Gasteiger charge is 2.08. The Morgan fingerprint density at radius 2 is 1.74 bits per heavy atom. The number of phenolic OH excluding ortho intramolecular Hbond substituents is 2. The van der Waals surface area contributed by atoms with Gasteiger partial charge in [0.15, 0.2) is 5.78 Å². The van der Waals surface area contributed by atoms with E-state index in [1.807, 2.05) is 0 Å². The van der Waals surface area contributed by atoms with Crippen LogP contribution in [-0.2, 0) is 0 Å². The van der Waals surface area contributed by atoms with Gasteiger partial charge in [-0.15, -0.1) is 0 Å². The summed E-state index contributed by atoms with van der Waals surface area (Å²) in [6, 6.07) is 10.8. The monoisotopic (exact) mass is 274 g/mol. The van der Waals surface area contributed by atoms with Crippen molar-refractivity contribution in [2.24, 2.45) is 0 Å². The fraction of sp³-hybridized carbons (Fsp3) is 0. The number of carbonyl (C=O) groups is 1. The summed E-state index contributed by atoms with van der Waals surface area (Å²) in [5, 5.41) is 19.5. The average molecular weight is 275 g/mol. The van der Waals surface area contributed by atoms with Gasteiger partial charge in [0.1, 0.15) is 11.5 Å². The van der Waals surface area contributed by atoms with Crippen LogP contribution in [0.3, 0.4) is 0 Å². The third kappa shape index (κ3) is 3.36. The molecule has 0 spiro atoms. The van der Waals surface area contributed by atoms with Crippen LogP contribution in [0.15, 0.2) is 48.5 Å². The van der Waals surface area contributed by atoms with Crippen molar-refractivity contribution in [1.82, 2.24) is 0 Å². The smallest absolute Gasteiger partial charge is 0.189 e. The molecular weight excluding hydrogens is 264 g/mol. The van der Waals surface area contributed by atoms with Crippen molar-refractivity contribution in [1.29, 1.82) is 0 Å². The molecule has 3 nitrogen and oxygen atoms in total. The standard InChI is InChI=1S/C15H11ClO3/c16-11-4-1-10(2-5-11)3-7-14(18)13-9-12(17)6-8-15(13)19/h1-9,17,19H. The Hall–Kier alpha value is -2.26. The van der Waals surface area contributed by atoms with Gasteiger partial charge in [-0.2, -0.15) is 0 Å². The maximum Gasteiger partial charge on any atom is 0.189 e. The molecule has 0 saturated heterocycles. The minimum Gasteiger partial charge on any atom is -0.508 e. The lowest BCUT2D eigenvalue weighted by atomic mass is 10.1. The molecule has 0 atom stereocenters. The molecule has 0 saturated carbocycles. The van der Waals surface area contributed by atoms with Gasteiger partial charge in [0.05, 0.1) is 5.56 Å². The number of halogens is 1. The third-order valence-electron chi connectivity index (χ3n) is 2.54. The zero-order valence-corrected chi connectivity index (χ0v) is 10.6. The number of hydrogen-bond donors (Lipinski definition) is 2. The molecule has 0 amide bonds. The van der Waals surface area contributed by atoms with E-state index in [1.165, 1.54) is 24.3 Å². The van der Waals surface area contributed by atoms with E-state index < -0.39 is 0 Å². The predicted molar refractivity (Wildman–Crippen MR) is 74.6 cm³/mol. The molecule has 0 aromatic heterocycles. The van der Waals surface area contributed by atoms with E-state index in [-0.39, 0.29) is 22.8 Å². The van der Waals surface area contributed by atoms with Crippen molar-refractivity contribution in [3.8, 4) is 11.5 Å². The van der Waals surface area contributed by atoms with Gasteiger partial charge in [-0.25, -0.2) is 0 Å². The second kappa shape index (κ2) is 5.59. The Morgan fingerprint density at radius 3 is 2.42 bits per heavy atom. The van der Waals surface area contributed by atoms with Gasteiger partial charge < -0.3 is 10.2 Å². The maximum atomic E-state index is 11.9. The van der Waals surface area contributed by atoms with Gasteiger partial charge in [-0.1, -0.05) is 29.8 Å². The largest absolute Gasteiger partial charge is 0.508 e. The number of aromatic hydroxyl groups is 2. The van der Waals surface area contributed by atoms with Crippen molar-refractivity contribution in [2.45, 2.75) is 0 Å². The second-order valence-electron chi connectivity index (χ2n) is 3.95. The van der Waals surface area contributed by atoms with Crippen LogP contribution in [0.5, 0.6) is 11.5 Å². The van der Waals surface area contributed by atoms with E-state index in [9.17, 15) is 15.0 Å². The van der Waals surface area contributed by atoms with Crippen molar-refractivity contribution in [3.05, 3.63) is 64.7 Å². The molecule has 0 bridgehead atoms. The number of phenols is 2. The molecule has 4 heteroatoms. The van der Waals surface area contributed by atoms with Crippen molar-refractivity contribution >= 4 is 23.5 Å². The van der Waals surface area contributed by atoms with Gasteiger partial charge in [0.2, 0.25) is 0 Å². The number of carbonyl (C=O) groups excluding carboxylic acids is 1. The van der Waals surface area contributed by atoms with E-state index in [0.29, 0.717) is 5.02 Å². The summed E-state index contributed by atoms with van der Waals surface area (Å²) in [4.78, 5) is 11.9. The Balaban J connectivity index is 2.21. The fourth-order valence-electron chi connectivity index (χ4n) is 1.56. The molecule has 0 aliphatic rings. The van der Waals surface area contributed by atoms with Crippen molar-refractivity contribution in [2.75, 3.05) is 0 Å². The maximum absolute atomic E-state index is 11.9. The second-order valence-corrected chi connectivity index (χ2v) is 4.39. The summed E-state index contributed by atoms with van der Waals surface area (Å²) in [5.74, 6) is -0.618. The van der Waals surface area contributed by atoms with E-state index in [4.69, 9.17) is 11.6 Å². The first-order valence-electron chi connectivity index (χ1n) is 5.56. The first-order valence-corrected chi connectivity index (χ1v) is 5.94. The van der Waals surface area contributed by atoms with Gasteiger partial charge in [0, 0.05) is 5.02 Å². The van der Waals surface area contributed by atoms with Crippen LogP contribution < -0.4 is 0 Å². The Bertz CT molecular complexity index is 630. The van der Waals surface area contributed by atoms with E-state index in [1.54, 1.807) is 30.3 Å². The van der Waals surface area contributed by atoms with E-state index >= 15 is 0 Å². The van der Waals surface area contributed by atoms with Crippen LogP contribution in [0.25, 0.3) is 6.08 Å². The zero-order chi connectivity index (χ0) is 13.8. The normalized spacial score (nSPS) is 10.8. The molecular formula is C15H11ClO3. The van der Waals surface area contributed by atoms with Crippen LogP contribution in [0.1, 0.15) is 15.9 Å². The third-order valence-corrected chi connectivity index (χ3v) is 2.79. The van der Waals surface area contributed by atoms with Crippen LogP contribution >= 0.6 is 11.6 Å². The van der Waals surface area contributed by atoms with Gasteiger partial charge in [-0.3, -0.25) is 4.79 Å². The van der Waals surface area contributed by atoms with Gasteiger partial charge in [0.25, 0.3) is 0 Å². The minimum atomic E-state index is -0.386. The highest BCUT2D eigenvalue weighted by atomic mass is 35.5. The molecule has 2 N–H and O–H groups in total. The SMILES string of the molecule is O=C(C=Cc1ccc(Cl)cc1)c1cc(O)ccc1O. The summed E-state index contributed by atoms with van der Waals surface area (Å²) < 4.78 is 0. The van der Waals surface area contributed by atoms with Crippen LogP contribution in [0, 0.1) is 0 Å². The zero-order valence-electron chi connectivity index (χ0n) is 9.88. The summed E-state index contributed by atoms with van der Waals surface area (Å²) >= 11 is 5.76. The van der Waals surface area contributed by atoms with Gasteiger partial charge >= 0.3 is 0 Å². The lowest BCUT2D eigenvalue weighted by Gasteiger charge is -2.01. The molecule has 0 unspecified atom stereocenters. The van der Waals surface area contributed by atoms with Crippen LogP contribution in [0.2, 0.25) is 5.02 Å². The van der Waals surface area contributed by atoms with Crippen LogP contribution in [0.4, 0.5) is 0 Å². The number of hydrogen-bond acceptors (Lipinski definition) is 3.